The zero-order chi connectivity index (χ0) is 10.4. The third kappa shape index (κ3) is 5.45. The molecule has 0 N–H and O–H groups in total. The molecule has 88 valence electrons. The van der Waals surface area contributed by atoms with Gasteiger partial charge in [-0.05, 0) is 0 Å². The van der Waals surface area contributed by atoms with Gasteiger partial charge in [-0.3, -0.25) is 0 Å². The predicted molar refractivity (Wildman–Crippen MR) is 49.1 cm³/mol. The maximum atomic E-state index is 11.6. The van der Waals surface area contributed by atoms with E-state index in [0.29, 0.717) is 0 Å². The van der Waals surface area contributed by atoms with Crippen molar-refractivity contribution in [3.05, 3.63) is 60.2 Å². The Labute approximate surface area is 96.9 Å². The van der Waals surface area contributed by atoms with Crippen molar-refractivity contribution in [3.8, 4) is 0 Å². The fourth-order valence-electron chi connectivity index (χ4n) is 0.884. The summed E-state index contributed by atoms with van der Waals surface area (Å²) in [7, 11) is 0. The van der Waals surface area contributed by atoms with Crippen LogP contribution in [0.4, 0.5) is 13.2 Å². The molecule has 0 atom stereocenters. The van der Waals surface area contributed by atoms with Crippen molar-refractivity contribution in [1.29, 1.82) is 0 Å². The maximum absolute atomic E-state index is 11.6. The summed E-state index contributed by atoms with van der Waals surface area (Å²) < 4.78 is 34.9. The molecule has 0 fully saturated rings. The zero-order valence-corrected chi connectivity index (χ0v) is 8.79. The molecule has 0 aliphatic rings. The fourth-order valence-corrected chi connectivity index (χ4v) is 0.884. The van der Waals surface area contributed by atoms with Gasteiger partial charge >= 0.3 is 6.18 Å². The molecule has 0 aliphatic heterocycles. The average molecular weight is 254 g/mol. The van der Waals surface area contributed by atoms with E-state index >= 15 is 0 Å². The molecular formula is C11H9F3Fe-6. The first-order chi connectivity index (χ1) is 6.61. The van der Waals surface area contributed by atoms with Crippen molar-refractivity contribution >= 4 is 0 Å². The van der Waals surface area contributed by atoms with Crippen LogP contribution in [0, 0.1) is 0 Å². The first-order valence-corrected chi connectivity index (χ1v) is 4.06. The summed E-state index contributed by atoms with van der Waals surface area (Å²) in [6.07, 6.45) is -4.18. The molecule has 0 radical (unpaired) electrons. The van der Waals surface area contributed by atoms with Crippen LogP contribution < -0.4 is 0 Å². The van der Waals surface area contributed by atoms with E-state index in [1.807, 2.05) is 30.3 Å². The molecule has 0 saturated carbocycles. The summed E-state index contributed by atoms with van der Waals surface area (Å²) in [5.41, 5.74) is -0.581. The second kappa shape index (κ2) is 6.49. The van der Waals surface area contributed by atoms with Crippen LogP contribution >= 0.6 is 0 Å². The molecule has 2 aromatic rings. The Balaban J connectivity index is 0.000000280. The monoisotopic (exact) mass is 254 g/mol. The van der Waals surface area contributed by atoms with E-state index in [1.54, 1.807) is 0 Å². The Hall–Kier alpha value is -0.991. The maximum Gasteiger partial charge on any atom is 0.370 e. The topological polar surface area (TPSA) is 0 Å². The Bertz CT molecular complexity index is 302. The van der Waals surface area contributed by atoms with Crippen molar-refractivity contribution in [2.45, 2.75) is 6.18 Å². The first kappa shape index (κ1) is 14.0. The SMILES string of the molecule is FC(F)(F)[c-]1cccc1.[Fe].[cH-]1[cH-][cH-][cH-][cH-]1. The van der Waals surface area contributed by atoms with E-state index in [1.165, 1.54) is 12.1 Å². The molecular weight excluding hydrogens is 245 g/mol. The van der Waals surface area contributed by atoms with E-state index in [0.717, 1.165) is 12.1 Å². The van der Waals surface area contributed by atoms with Gasteiger partial charge in [-0.25, -0.2) is 12.1 Å². The second-order valence-electron chi connectivity index (χ2n) is 2.63. The first-order valence-electron chi connectivity index (χ1n) is 4.06. The number of hydrogen-bond donors (Lipinski definition) is 0. The van der Waals surface area contributed by atoms with Gasteiger partial charge in [0, 0.05) is 17.1 Å². The van der Waals surface area contributed by atoms with Crippen LogP contribution in [0.2, 0.25) is 0 Å². The zero-order valence-electron chi connectivity index (χ0n) is 7.68. The van der Waals surface area contributed by atoms with Crippen LogP contribution in [0.3, 0.4) is 0 Å². The van der Waals surface area contributed by atoms with Gasteiger partial charge in [-0.1, -0.05) is 5.56 Å². The summed E-state index contributed by atoms with van der Waals surface area (Å²) >= 11 is 0. The normalized spacial score (nSPS) is 9.80. The molecule has 4 heteroatoms. The van der Waals surface area contributed by atoms with Gasteiger partial charge in [0.15, 0.2) is 0 Å². The van der Waals surface area contributed by atoms with Gasteiger partial charge in [0.2, 0.25) is 0 Å². The summed E-state index contributed by atoms with van der Waals surface area (Å²) in [5, 5.41) is 0. The molecule has 0 nitrogen and oxygen atoms in total. The molecule has 0 bridgehead atoms. The van der Waals surface area contributed by atoms with E-state index in [-0.39, 0.29) is 17.1 Å². The summed E-state index contributed by atoms with van der Waals surface area (Å²) in [6, 6.07) is 14.8. The van der Waals surface area contributed by atoms with Crippen molar-refractivity contribution in [3.63, 3.8) is 0 Å². The van der Waals surface area contributed by atoms with Gasteiger partial charge < -0.3 is 30.3 Å². The number of alkyl halides is 3. The quantitative estimate of drug-likeness (QED) is 0.495. The minimum absolute atomic E-state index is 0. The molecule has 2 rings (SSSR count). The smallest absolute Gasteiger partial charge is 0.370 e. The standard InChI is InChI=1S/C6H4F3.C5H5.Fe/c7-6(8,9)5-3-1-2-4-5;1-2-4-5-3-1;/h1-4H;1-5H;/q-1;-5;. The van der Waals surface area contributed by atoms with E-state index in [2.05, 4.69) is 0 Å². The van der Waals surface area contributed by atoms with Crippen molar-refractivity contribution < 1.29 is 30.2 Å². The van der Waals surface area contributed by atoms with E-state index < -0.39 is 11.7 Å². The van der Waals surface area contributed by atoms with Gasteiger partial charge in [0.1, 0.15) is 0 Å². The summed E-state index contributed by atoms with van der Waals surface area (Å²) in [4.78, 5) is 0. The Morgan fingerprint density at radius 3 is 1.33 bits per heavy atom. The molecule has 0 amide bonds. The van der Waals surface area contributed by atoms with E-state index in [9.17, 15) is 13.2 Å². The van der Waals surface area contributed by atoms with Crippen LogP contribution in [0.1, 0.15) is 5.56 Å². The molecule has 15 heavy (non-hydrogen) atoms. The van der Waals surface area contributed by atoms with Gasteiger partial charge in [0.05, 0.1) is 0 Å². The Morgan fingerprint density at radius 1 is 0.800 bits per heavy atom. The largest absolute Gasteiger partial charge is 0.748 e. The molecule has 0 heterocycles. The molecule has 0 spiro atoms. The third-order valence-corrected chi connectivity index (χ3v) is 1.55. The van der Waals surface area contributed by atoms with Gasteiger partial charge in [-0.2, -0.15) is 25.3 Å². The molecule has 0 aromatic heterocycles. The van der Waals surface area contributed by atoms with Gasteiger partial charge in [-0.15, -0.1) is 0 Å². The minimum Gasteiger partial charge on any atom is -0.748 e. The number of rotatable bonds is 0. The van der Waals surface area contributed by atoms with Gasteiger partial charge in [0.25, 0.3) is 0 Å². The Kier molecular flexibility index (Phi) is 6.06. The van der Waals surface area contributed by atoms with Crippen molar-refractivity contribution in [2.75, 3.05) is 0 Å². The molecule has 0 unspecified atom stereocenters. The average Bonchev–Trinajstić information content (AvgIpc) is 2.80. The molecule has 2 aromatic carbocycles. The number of hydrogen-bond acceptors (Lipinski definition) is 0. The minimum atomic E-state index is -4.18. The third-order valence-electron chi connectivity index (χ3n) is 1.55. The summed E-state index contributed by atoms with van der Waals surface area (Å²) in [5.74, 6) is 0. The molecule has 0 aliphatic carbocycles. The van der Waals surface area contributed by atoms with E-state index in [4.69, 9.17) is 0 Å². The summed E-state index contributed by atoms with van der Waals surface area (Å²) in [6.45, 7) is 0. The van der Waals surface area contributed by atoms with Crippen LogP contribution in [0.25, 0.3) is 0 Å². The second-order valence-corrected chi connectivity index (χ2v) is 2.63. The van der Waals surface area contributed by atoms with Crippen LogP contribution in [0.15, 0.2) is 54.6 Å². The van der Waals surface area contributed by atoms with Crippen molar-refractivity contribution in [2.24, 2.45) is 0 Å². The van der Waals surface area contributed by atoms with Crippen molar-refractivity contribution in [1.82, 2.24) is 0 Å². The number of halogens is 3. The fraction of sp³-hybridized carbons (Fsp3) is 0.0909. The van der Waals surface area contributed by atoms with Crippen LogP contribution in [-0.4, -0.2) is 0 Å². The van der Waals surface area contributed by atoms with Crippen LogP contribution in [0.5, 0.6) is 0 Å². The predicted octanol–water partition coefficient (Wildman–Crippen LogP) is 3.83. The molecule has 0 saturated heterocycles. The Morgan fingerprint density at radius 2 is 1.13 bits per heavy atom. The van der Waals surface area contributed by atoms with Crippen LogP contribution in [-0.2, 0) is 23.2 Å².